The standard InChI is InChI=1S/C12H21N5O3/c1-4-16(8-9(3)18)11-7-6-10(13-14-11)15-17(5-2)12(19)20/h6-7,9,18H,4-5,8H2,1-3H3,(H,13,15)(H,19,20). The lowest BCUT2D eigenvalue weighted by Crippen LogP contribution is -2.35. The number of amides is 1. The van der Waals surface area contributed by atoms with Gasteiger partial charge in [-0.3, -0.25) is 5.43 Å². The topological polar surface area (TPSA) is 102 Å². The van der Waals surface area contributed by atoms with Crippen LogP contribution in [0.2, 0.25) is 0 Å². The molecule has 0 aliphatic carbocycles. The van der Waals surface area contributed by atoms with Crippen molar-refractivity contribution < 1.29 is 15.0 Å². The van der Waals surface area contributed by atoms with E-state index in [4.69, 9.17) is 5.11 Å². The summed E-state index contributed by atoms with van der Waals surface area (Å²) in [5.41, 5.74) is 2.65. The summed E-state index contributed by atoms with van der Waals surface area (Å²) in [6, 6.07) is 3.38. The predicted molar refractivity (Wildman–Crippen MR) is 75.6 cm³/mol. The van der Waals surface area contributed by atoms with Crippen molar-refractivity contribution >= 4 is 17.7 Å². The van der Waals surface area contributed by atoms with E-state index in [1.807, 2.05) is 11.8 Å². The third-order valence-corrected chi connectivity index (χ3v) is 2.64. The van der Waals surface area contributed by atoms with Crippen molar-refractivity contribution in [3.8, 4) is 0 Å². The molecule has 1 aromatic heterocycles. The van der Waals surface area contributed by atoms with Gasteiger partial charge >= 0.3 is 6.09 Å². The molecule has 1 heterocycles. The molecule has 20 heavy (non-hydrogen) atoms. The van der Waals surface area contributed by atoms with E-state index in [1.165, 1.54) is 0 Å². The summed E-state index contributed by atoms with van der Waals surface area (Å²) in [6.45, 7) is 6.83. The Bertz CT molecular complexity index is 424. The number of aliphatic hydroxyl groups is 1. The highest BCUT2D eigenvalue weighted by Crippen LogP contribution is 2.12. The van der Waals surface area contributed by atoms with E-state index in [0.29, 0.717) is 31.3 Å². The van der Waals surface area contributed by atoms with E-state index in [2.05, 4.69) is 15.6 Å². The van der Waals surface area contributed by atoms with Crippen molar-refractivity contribution in [2.45, 2.75) is 26.9 Å². The number of nitrogens with one attached hydrogen (secondary N) is 1. The Labute approximate surface area is 118 Å². The number of nitrogens with zero attached hydrogens (tertiary/aromatic N) is 4. The maximum Gasteiger partial charge on any atom is 0.426 e. The van der Waals surface area contributed by atoms with Gasteiger partial charge in [-0.2, -0.15) is 0 Å². The molecule has 1 amide bonds. The number of carboxylic acid groups (broad SMARTS) is 1. The minimum absolute atomic E-state index is 0.294. The average Bonchev–Trinajstić information content (AvgIpc) is 2.42. The van der Waals surface area contributed by atoms with Crippen LogP contribution in [0, 0.1) is 0 Å². The zero-order valence-electron chi connectivity index (χ0n) is 11.9. The fraction of sp³-hybridized carbons (Fsp3) is 0.583. The molecule has 0 bridgehead atoms. The second kappa shape index (κ2) is 7.49. The first-order chi connectivity index (χ1) is 9.47. The van der Waals surface area contributed by atoms with Crippen molar-refractivity contribution in [3.63, 3.8) is 0 Å². The molecule has 1 aromatic rings. The van der Waals surface area contributed by atoms with E-state index in [1.54, 1.807) is 26.0 Å². The first-order valence-electron chi connectivity index (χ1n) is 6.51. The van der Waals surface area contributed by atoms with Crippen LogP contribution in [0.3, 0.4) is 0 Å². The van der Waals surface area contributed by atoms with E-state index < -0.39 is 12.2 Å². The lowest BCUT2D eigenvalue weighted by molar-refractivity contribution is 0.157. The van der Waals surface area contributed by atoms with Gasteiger partial charge in [-0.1, -0.05) is 0 Å². The molecule has 0 aliphatic heterocycles. The van der Waals surface area contributed by atoms with Crippen molar-refractivity contribution in [1.29, 1.82) is 0 Å². The third-order valence-electron chi connectivity index (χ3n) is 2.64. The van der Waals surface area contributed by atoms with E-state index >= 15 is 0 Å². The highest BCUT2D eigenvalue weighted by Gasteiger charge is 2.12. The lowest BCUT2D eigenvalue weighted by Gasteiger charge is -2.23. The second-order valence-electron chi connectivity index (χ2n) is 4.30. The van der Waals surface area contributed by atoms with Gasteiger partial charge < -0.3 is 15.1 Å². The Morgan fingerprint density at radius 2 is 2.05 bits per heavy atom. The van der Waals surface area contributed by atoms with E-state index in [-0.39, 0.29) is 0 Å². The minimum Gasteiger partial charge on any atom is -0.464 e. The van der Waals surface area contributed by atoms with Crippen LogP contribution < -0.4 is 10.3 Å². The number of rotatable bonds is 7. The zero-order valence-corrected chi connectivity index (χ0v) is 11.9. The number of hydrogen-bond donors (Lipinski definition) is 3. The van der Waals surface area contributed by atoms with Crippen molar-refractivity contribution in [2.24, 2.45) is 0 Å². The SMILES string of the molecule is CCN(Nc1ccc(N(CC)CC(C)O)nn1)C(=O)O. The van der Waals surface area contributed by atoms with E-state index in [9.17, 15) is 9.90 Å². The van der Waals surface area contributed by atoms with Gasteiger partial charge in [0, 0.05) is 19.6 Å². The molecule has 1 rings (SSSR count). The summed E-state index contributed by atoms with van der Waals surface area (Å²) < 4.78 is 0. The molecule has 0 aromatic carbocycles. The molecule has 112 valence electrons. The van der Waals surface area contributed by atoms with Gasteiger partial charge in [0.05, 0.1) is 6.10 Å². The molecular formula is C12H21N5O3. The van der Waals surface area contributed by atoms with Gasteiger partial charge in [-0.05, 0) is 32.9 Å². The molecule has 0 fully saturated rings. The molecular weight excluding hydrogens is 262 g/mol. The van der Waals surface area contributed by atoms with Crippen molar-refractivity contribution in [1.82, 2.24) is 15.2 Å². The zero-order chi connectivity index (χ0) is 15.1. The highest BCUT2D eigenvalue weighted by atomic mass is 16.4. The van der Waals surface area contributed by atoms with Crippen molar-refractivity contribution in [2.75, 3.05) is 30.0 Å². The van der Waals surface area contributed by atoms with Crippen LogP contribution in [-0.2, 0) is 0 Å². The number of anilines is 2. The second-order valence-corrected chi connectivity index (χ2v) is 4.30. The van der Waals surface area contributed by atoms with Gasteiger partial charge in [-0.15, -0.1) is 10.2 Å². The Balaban J connectivity index is 2.74. The Kier molecular flexibility index (Phi) is 5.98. The maximum absolute atomic E-state index is 10.9. The predicted octanol–water partition coefficient (Wildman–Crippen LogP) is 1.01. The number of hydrazine groups is 1. The number of aliphatic hydroxyl groups excluding tert-OH is 1. The molecule has 1 atom stereocenters. The summed E-state index contributed by atoms with van der Waals surface area (Å²) in [5, 5.41) is 27.3. The molecule has 0 aliphatic rings. The van der Waals surface area contributed by atoms with Gasteiger partial charge in [0.15, 0.2) is 11.6 Å². The van der Waals surface area contributed by atoms with Crippen LogP contribution in [0.25, 0.3) is 0 Å². The summed E-state index contributed by atoms with van der Waals surface area (Å²) in [7, 11) is 0. The average molecular weight is 283 g/mol. The van der Waals surface area contributed by atoms with Crippen LogP contribution in [0.1, 0.15) is 20.8 Å². The Hall–Kier alpha value is -2.09. The van der Waals surface area contributed by atoms with Crippen LogP contribution in [-0.4, -0.2) is 57.3 Å². The fourth-order valence-corrected chi connectivity index (χ4v) is 1.66. The molecule has 3 N–H and O–H groups in total. The number of carbonyl (C=O) groups is 1. The number of aromatic nitrogens is 2. The minimum atomic E-state index is -1.08. The van der Waals surface area contributed by atoms with E-state index in [0.717, 1.165) is 5.01 Å². The third kappa shape index (κ3) is 4.54. The van der Waals surface area contributed by atoms with Gasteiger partial charge in [-0.25, -0.2) is 9.80 Å². The fourth-order valence-electron chi connectivity index (χ4n) is 1.66. The molecule has 0 radical (unpaired) electrons. The monoisotopic (exact) mass is 283 g/mol. The van der Waals surface area contributed by atoms with Crippen LogP contribution in [0.5, 0.6) is 0 Å². The molecule has 1 unspecified atom stereocenters. The van der Waals surface area contributed by atoms with Gasteiger partial charge in [0.25, 0.3) is 0 Å². The molecule has 0 spiro atoms. The maximum atomic E-state index is 10.9. The molecule has 8 nitrogen and oxygen atoms in total. The first-order valence-corrected chi connectivity index (χ1v) is 6.51. The first kappa shape index (κ1) is 16.0. The van der Waals surface area contributed by atoms with Gasteiger partial charge in [0.1, 0.15) is 0 Å². The summed E-state index contributed by atoms with van der Waals surface area (Å²) in [5.74, 6) is 0.989. The van der Waals surface area contributed by atoms with Crippen molar-refractivity contribution in [3.05, 3.63) is 12.1 Å². The van der Waals surface area contributed by atoms with Crippen LogP contribution >= 0.6 is 0 Å². The summed E-state index contributed by atoms with van der Waals surface area (Å²) in [4.78, 5) is 12.7. The smallest absolute Gasteiger partial charge is 0.426 e. The summed E-state index contributed by atoms with van der Waals surface area (Å²) >= 11 is 0. The summed E-state index contributed by atoms with van der Waals surface area (Å²) in [6.07, 6.45) is -1.54. The highest BCUT2D eigenvalue weighted by molar-refractivity contribution is 5.66. The Morgan fingerprint density at radius 1 is 1.35 bits per heavy atom. The molecule has 0 saturated carbocycles. The van der Waals surface area contributed by atoms with Crippen LogP contribution in [0.15, 0.2) is 12.1 Å². The Morgan fingerprint density at radius 3 is 2.45 bits per heavy atom. The van der Waals surface area contributed by atoms with Gasteiger partial charge in [0.2, 0.25) is 0 Å². The van der Waals surface area contributed by atoms with Crippen LogP contribution in [0.4, 0.5) is 16.4 Å². The molecule has 8 heteroatoms. The number of likely N-dealkylation sites (N-methyl/N-ethyl adjacent to an activating group) is 1. The largest absolute Gasteiger partial charge is 0.464 e. The lowest BCUT2D eigenvalue weighted by atomic mass is 10.3. The quantitative estimate of drug-likeness (QED) is 0.642. The number of hydrogen-bond acceptors (Lipinski definition) is 6. The normalized spacial score (nSPS) is 11.8. The molecule has 0 saturated heterocycles.